The van der Waals surface area contributed by atoms with E-state index in [9.17, 15) is 23.8 Å². The van der Waals surface area contributed by atoms with Gasteiger partial charge in [0.05, 0.1) is 13.0 Å². The molecule has 0 fully saturated rings. The second kappa shape index (κ2) is 10.1. The Morgan fingerprint density at radius 2 is 1.79 bits per heavy atom. The number of benzene rings is 3. The summed E-state index contributed by atoms with van der Waals surface area (Å²) in [6, 6.07) is 18.6. The van der Waals surface area contributed by atoms with Crippen molar-refractivity contribution in [1.29, 1.82) is 0 Å². The third kappa shape index (κ3) is 5.22. The van der Waals surface area contributed by atoms with Gasteiger partial charge in [0.2, 0.25) is 0 Å². The average molecular weight is 550 g/mol. The van der Waals surface area contributed by atoms with Crippen molar-refractivity contribution < 1.29 is 28.5 Å². The van der Waals surface area contributed by atoms with Crippen LogP contribution in [-0.4, -0.2) is 42.9 Å². The van der Waals surface area contributed by atoms with Crippen LogP contribution in [0.25, 0.3) is 0 Å². The molecule has 1 unspecified atom stereocenters. The summed E-state index contributed by atoms with van der Waals surface area (Å²) in [5.41, 5.74) is 4.74. The Labute approximate surface area is 230 Å². The van der Waals surface area contributed by atoms with Crippen molar-refractivity contribution in [2.45, 2.75) is 64.0 Å². The predicted molar refractivity (Wildman–Crippen MR) is 152 cm³/mol. The van der Waals surface area contributed by atoms with Crippen LogP contribution in [0.3, 0.4) is 0 Å². The van der Waals surface area contributed by atoms with E-state index in [0.29, 0.717) is 29.2 Å². The minimum Gasteiger partial charge on any atom is -0.487 e. The van der Waals surface area contributed by atoms with Gasteiger partial charge in [-0.2, -0.15) is 4.31 Å². The first-order valence-electron chi connectivity index (χ1n) is 13.1. The molecule has 206 valence electrons. The van der Waals surface area contributed by atoms with Gasteiger partial charge < -0.3 is 9.84 Å². The van der Waals surface area contributed by atoms with E-state index in [1.165, 1.54) is 0 Å². The van der Waals surface area contributed by atoms with Gasteiger partial charge in [0.25, 0.3) is 0 Å². The molecule has 7 nitrogen and oxygen atoms in total. The number of Topliss-reactive ketones (excluding diaryl/α,β-unsaturated/α-hetero) is 1. The van der Waals surface area contributed by atoms with Crippen molar-refractivity contribution in [2.24, 2.45) is 5.41 Å². The number of carboxylic acids is 1. The highest BCUT2D eigenvalue weighted by Gasteiger charge is 2.38. The minimum atomic E-state index is -3.31. The summed E-state index contributed by atoms with van der Waals surface area (Å²) in [6.07, 6.45) is 0.264. The maximum absolute atomic E-state index is 12.7. The van der Waals surface area contributed by atoms with Crippen molar-refractivity contribution >= 4 is 22.5 Å². The molecule has 0 aromatic heterocycles. The number of carboxylic acid groups (broad SMARTS) is 1. The molecule has 39 heavy (non-hydrogen) atoms. The van der Waals surface area contributed by atoms with E-state index < -0.39 is 28.1 Å². The second-order valence-electron chi connectivity index (χ2n) is 11.4. The average Bonchev–Trinajstić information content (AvgIpc) is 3.04. The third-order valence-corrected chi connectivity index (χ3v) is 9.74. The number of nitrogens with zero attached hydrogens (tertiary/aromatic N) is 1. The highest BCUT2D eigenvalue weighted by atomic mass is 32.3. The monoisotopic (exact) mass is 549 g/mol. The molecule has 8 heteroatoms. The van der Waals surface area contributed by atoms with Crippen LogP contribution in [-0.2, 0) is 17.8 Å². The summed E-state index contributed by atoms with van der Waals surface area (Å²) in [5, 5.41) is 9.79. The van der Waals surface area contributed by atoms with E-state index in [2.05, 4.69) is 0 Å². The fourth-order valence-corrected chi connectivity index (χ4v) is 7.36. The van der Waals surface area contributed by atoms with Crippen LogP contribution in [0, 0.1) is 12.3 Å². The van der Waals surface area contributed by atoms with Gasteiger partial charge in [-0.1, -0.05) is 62.4 Å². The molecule has 1 aliphatic carbocycles. The Bertz CT molecular complexity index is 1450. The molecule has 0 saturated carbocycles. The topological polar surface area (TPSA) is 107 Å². The number of aryl methyl sites for hydroxylation is 1. The zero-order valence-electron chi connectivity index (χ0n) is 22.7. The first-order chi connectivity index (χ1) is 18.4. The molecule has 0 radical (unpaired) electrons. The van der Waals surface area contributed by atoms with E-state index >= 15 is 0 Å². The highest BCUT2D eigenvalue weighted by Crippen LogP contribution is 2.57. The van der Waals surface area contributed by atoms with Gasteiger partial charge >= 0.3 is 5.97 Å². The number of aliphatic carboxylic acids is 1. The minimum absolute atomic E-state index is 0.101. The van der Waals surface area contributed by atoms with Crippen LogP contribution in [0.2, 0.25) is 0 Å². The molecule has 2 atom stereocenters. The van der Waals surface area contributed by atoms with Crippen LogP contribution in [0.4, 0.5) is 0 Å². The number of carbonyl (C=O) groups excluding carboxylic acids is 1. The summed E-state index contributed by atoms with van der Waals surface area (Å²) in [4.78, 5) is 25.1. The summed E-state index contributed by atoms with van der Waals surface area (Å²) in [5.74, 6) is -0.743. The second-order valence-corrected chi connectivity index (χ2v) is 13.4. The third-order valence-electron chi connectivity index (χ3n) is 7.82. The van der Waals surface area contributed by atoms with Gasteiger partial charge in [-0.15, -0.1) is 10.8 Å². The highest BCUT2D eigenvalue weighted by molar-refractivity contribution is 8.22. The Balaban J connectivity index is 1.50. The number of fused-ring (bicyclic) bond motifs is 2. The number of ether oxygens (including phenoxy) is 1. The van der Waals surface area contributed by atoms with Crippen LogP contribution in [0.15, 0.2) is 65.6 Å². The smallest absolute Gasteiger partial charge is 0.304 e. The first kappa shape index (κ1) is 27.4. The van der Waals surface area contributed by atoms with Crippen molar-refractivity contribution in [3.05, 3.63) is 94.0 Å². The van der Waals surface area contributed by atoms with Crippen molar-refractivity contribution in [1.82, 2.24) is 4.31 Å². The van der Waals surface area contributed by atoms with Crippen LogP contribution in [0.1, 0.15) is 71.3 Å². The molecule has 1 aliphatic heterocycles. The molecular weight excluding hydrogens is 514 g/mol. The maximum atomic E-state index is 12.7. The van der Waals surface area contributed by atoms with Crippen LogP contribution in [0.5, 0.6) is 5.75 Å². The largest absolute Gasteiger partial charge is 0.487 e. The van der Waals surface area contributed by atoms with Crippen LogP contribution >= 0.6 is 10.8 Å². The molecule has 0 bridgehead atoms. The number of rotatable bonds is 6. The number of ketones is 1. The van der Waals surface area contributed by atoms with Crippen molar-refractivity contribution in [3.63, 3.8) is 0 Å². The molecule has 3 aromatic rings. The Hall–Kier alpha value is -3.17. The van der Waals surface area contributed by atoms with Gasteiger partial charge in [-0.3, -0.25) is 18.7 Å². The summed E-state index contributed by atoms with van der Waals surface area (Å²) in [7, 11) is -3.31. The van der Waals surface area contributed by atoms with Gasteiger partial charge in [-0.25, -0.2) is 0 Å². The molecule has 0 saturated heterocycles. The first-order valence-corrected chi connectivity index (χ1v) is 14.6. The fraction of sp³-hybridized carbons (Fsp3) is 0.355. The SMILES string of the molecule is Cc1ccc(C(CC(=O)O)c2ccc3c(c2)CC(C)(C)C3=O)cc1CN1C[C@@H](C)Oc2ccccc2S1(O)O. The van der Waals surface area contributed by atoms with E-state index in [1.807, 2.05) is 70.2 Å². The number of carbonyl (C=O) groups is 2. The summed E-state index contributed by atoms with van der Waals surface area (Å²) < 4.78 is 30.3. The van der Waals surface area contributed by atoms with Crippen molar-refractivity contribution in [3.8, 4) is 5.75 Å². The molecule has 2 aliphatic rings. The molecule has 3 aromatic carbocycles. The normalized spacial score (nSPS) is 21.3. The molecule has 0 spiro atoms. The van der Waals surface area contributed by atoms with E-state index in [1.54, 1.807) is 22.5 Å². The number of hydrogen-bond acceptors (Lipinski definition) is 6. The summed E-state index contributed by atoms with van der Waals surface area (Å²) in [6.45, 7) is 8.31. The lowest BCUT2D eigenvalue weighted by atomic mass is 9.85. The lowest BCUT2D eigenvalue weighted by molar-refractivity contribution is -0.137. The maximum Gasteiger partial charge on any atom is 0.304 e. The summed E-state index contributed by atoms with van der Waals surface area (Å²) >= 11 is 0. The Morgan fingerprint density at radius 3 is 2.54 bits per heavy atom. The van der Waals surface area contributed by atoms with Crippen molar-refractivity contribution in [2.75, 3.05) is 6.54 Å². The quantitative estimate of drug-likeness (QED) is 0.315. The van der Waals surface area contributed by atoms with Gasteiger partial charge in [0, 0.05) is 23.4 Å². The van der Waals surface area contributed by atoms with Gasteiger partial charge in [0.15, 0.2) is 5.78 Å². The lowest BCUT2D eigenvalue weighted by Gasteiger charge is -2.42. The lowest BCUT2D eigenvalue weighted by Crippen LogP contribution is -2.33. The fourth-order valence-electron chi connectivity index (χ4n) is 5.70. The number of para-hydroxylation sites is 1. The van der Waals surface area contributed by atoms with Crippen LogP contribution < -0.4 is 4.74 Å². The zero-order valence-corrected chi connectivity index (χ0v) is 23.5. The Kier molecular flexibility index (Phi) is 7.09. The molecule has 0 amide bonds. The van der Waals surface area contributed by atoms with Gasteiger partial charge in [0.1, 0.15) is 16.7 Å². The molecular formula is C31H35NO6S. The molecule has 3 N–H and O–H groups in total. The Morgan fingerprint density at radius 1 is 1.10 bits per heavy atom. The molecule has 5 rings (SSSR count). The van der Waals surface area contributed by atoms with E-state index in [-0.39, 0.29) is 24.9 Å². The predicted octanol–water partition coefficient (Wildman–Crippen LogP) is 6.67. The number of hydrogen-bond donors (Lipinski definition) is 3. The molecule has 1 heterocycles. The van der Waals surface area contributed by atoms with Gasteiger partial charge in [-0.05, 0) is 60.2 Å². The van der Waals surface area contributed by atoms with E-state index in [0.717, 1.165) is 27.8 Å². The van der Waals surface area contributed by atoms with E-state index in [4.69, 9.17) is 4.74 Å². The standard InChI is InChI=1S/C31H35NO6S/c1-19-9-10-21(26(15-29(33)34)22-11-12-25-23(13-22)16-31(3,4)30(25)35)14-24(19)18-32-17-20(2)38-27-7-5-6-8-28(27)39(32,36)37/h5-14,20,26,36-37H,15-18H2,1-4H3,(H,33,34)/t20-,26?/m1/s1. The zero-order chi connectivity index (χ0) is 28.1.